The maximum absolute atomic E-state index is 9.46. The summed E-state index contributed by atoms with van der Waals surface area (Å²) in [4.78, 5) is 1.26. The van der Waals surface area contributed by atoms with Crippen molar-refractivity contribution in [2.45, 2.75) is 44.1 Å². The van der Waals surface area contributed by atoms with Gasteiger partial charge in [0.1, 0.15) is 0 Å². The van der Waals surface area contributed by atoms with Gasteiger partial charge in [0.05, 0.1) is 6.10 Å². The lowest BCUT2D eigenvalue weighted by Crippen LogP contribution is -1.91. The van der Waals surface area contributed by atoms with Crippen molar-refractivity contribution in [2.75, 3.05) is 5.75 Å². The molecule has 0 bridgehead atoms. The van der Waals surface area contributed by atoms with Gasteiger partial charge in [-0.1, -0.05) is 25.8 Å². The SMILES string of the molecule is CCCCCSc1ccc(C(C)O)cc1Br. The number of thioether (sulfide) groups is 1. The van der Waals surface area contributed by atoms with Crippen LogP contribution in [0, 0.1) is 0 Å². The standard InChI is InChI=1S/C13H19BrOS/c1-3-4-5-8-16-13-7-6-11(10(2)15)9-12(13)14/h6-7,9-10,15H,3-5,8H2,1-2H3. The Labute approximate surface area is 111 Å². The van der Waals surface area contributed by atoms with Crippen LogP contribution >= 0.6 is 27.7 Å². The van der Waals surface area contributed by atoms with E-state index in [4.69, 9.17) is 0 Å². The molecular weight excluding hydrogens is 284 g/mol. The molecule has 0 heterocycles. The Balaban J connectivity index is 2.54. The van der Waals surface area contributed by atoms with Crippen LogP contribution < -0.4 is 0 Å². The molecule has 0 spiro atoms. The van der Waals surface area contributed by atoms with Crippen molar-refractivity contribution < 1.29 is 5.11 Å². The third-order valence-corrected chi connectivity index (χ3v) is 4.52. The molecule has 0 saturated heterocycles. The lowest BCUT2D eigenvalue weighted by Gasteiger charge is -2.08. The third kappa shape index (κ3) is 4.48. The van der Waals surface area contributed by atoms with Crippen molar-refractivity contribution in [3.05, 3.63) is 28.2 Å². The fourth-order valence-electron chi connectivity index (χ4n) is 1.43. The smallest absolute Gasteiger partial charge is 0.0762 e. The molecule has 0 radical (unpaired) electrons. The summed E-state index contributed by atoms with van der Waals surface area (Å²) in [5, 5.41) is 9.46. The van der Waals surface area contributed by atoms with Gasteiger partial charge in [-0.15, -0.1) is 11.8 Å². The zero-order chi connectivity index (χ0) is 12.0. The largest absolute Gasteiger partial charge is 0.389 e. The van der Waals surface area contributed by atoms with Crippen molar-refractivity contribution in [1.82, 2.24) is 0 Å². The third-order valence-electron chi connectivity index (χ3n) is 2.44. The van der Waals surface area contributed by atoms with Gasteiger partial charge in [0, 0.05) is 9.37 Å². The number of hydrogen-bond acceptors (Lipinski definition) is 2. The highest BCUT2D eigenvalue weighted by molar-refractivity contribution is 9.10. The second-order valence-corrected chi connectivity index (χ2v) is 5.91. The zero-order valence-electron chi connectivity index (χ0n) is 9.87. The van der Waals surface area contributed by atoms with E-state index in [1.807, 2.05) is 23.9 Å². The summed E-state index contributed by atoms with van der Waals surface area (Å²) >= 11 is 5.43. The molecule has 16 heavy (non-hydrogen) atoms. The number of hydrogen-bond donors (Lipinski definition) is 1. The molecule has 1 N–H and O–H groups in total. The van der Waals surface area contributed by atoms with E-state index < -0.39 is 6.10 Å². The van der Waals surface area contributed by atoms with E-state index in [1.54, 1.807) is 6.92 Å². The molecule has 0 amide bonds. The topological polar surface area (TPSA) is 20.2 Å². The Bertz CT molecular complexity index is 326. The van der Waals surface area contributed by atoms with E-state index in [2.05, 4.69) is 28.9 Å². The molecular formula is C13H19BrOS. The summed E-state index contributed by atoms with van der Waals surface area (Å²) in [6, 6.07) is 6.09. The lowest BCUT2D eigenvalue weighted by atomic mass is 10.1. The average molecular weight is 303 g/mol. The van der Waals surface area contributed by atoms with Crippen LogP contribution in [0.5, 0.6) is 0 Å². The first kappa shape index (κ1) is 14.1. The Morgan fingerprint density at radius 3 is 2.69 bits per heavy atom. The molecule has 1 rings (SSSR count). The van der Waals surface area contributed by atoms with Gasteiger partial charge >= 0.3 is 0 Å². The fraction of sp³-hybridized carbons (Fsp3) is 0.538. The van der Waals surface area contributed by atoms with Crippen molar-refractivity contribution in [2.24, 2.45) is 0 Å². The van der Waals surface area contributed by atoms with Gasteiger partial charge in [0.15, 0.2) is 0 Å². The maximum atomic E-state index is 9.46. The second-order valence-electron chi connectivity index (χ2n) is 3.92. The Morgan fingerprint density at radius 2 is 2.12 bits per heavy atom. The van der Waals surface area contributed by atoms with Crippen LogP contribution in [0.1, 0.15) is 44.8 Å². The summed E-state index contributed by atoms with van der Waals surface area (Å²) in [6.45, 7) is 4.01. The number of unbranched alkanes of at least 4 members (excludes halogenated alkanes) is 2. The van der Waals surface area contributed by atoms with Gasteiger partial charge in [-0.25, -0.2) is 0 Å². The summed E-state index contributed by atoms with van der Waals surface area (Å²) in [6.07, 6.45) is 3.45. The normalized spacial score (nSPS) is 12.8. The fourth-order valence-corrected chi connectivity index (χ4v) is 3.10. The monoisotopic (exact) mass is 302 g/mol. The van der Waals surface area contributed by atoms with E-state index in [9.17, 15) is 5.11 Å². The highest BCUT2D eigenvalue weighted by Gasteiger charge is 2.05. The number of halogens is 1. The van der Waals surface area contributed by atoms with Crippen LogP contribution in [0.4, 0.5) is 0 Å². The van der Waals surface area contributed by atoms with E-state index in [0.717, 1.165) is 10.0 Å². The van der Waals surface area contributed by atoms with Crippen molar-refractivity contribution in [1.29, 1.82) is 0 Å². The van der Waals surface area contributed by atoms with E-state index in [-0.39, 0.29) is 0 Å². The molecule has 0 aliphatic rings. The van der Waals surface area contributed by atoms with Crippen LogP contribution in [-0.2, 0) is 0 Å². The van der Waals surface area contributed by atoms with E-state index >= 15 is 0 Å². The molecule has 0 aliphatic carbocycles. The molecule has 0 aromatic heterocycles. The van der Waals surface area contributed by atoms with Crippen LogP contribution in [0.2, 0.25) is 0 Å². The zero-order valence-corrected chi connectivity index (χ0v) is 12.3. The maximum Gasteiger partial charge on any atom is 0.0762 e. The molecule has 0 aliphatic heterocycles. The van der Waals surface area contributed by atoms with Gasteiger partial charge in [0.2, 0.25) is 0 Å². The first-order chi connectivity index (χ1) is 7.65. The highest BCUT2D eigenvalue weighted by Crippen LogP contribution is 2.30. The van der Waals surface area contributed by atoms with Crippen LogP contribution in [0.3, 0.4) is 0 Å². The lowest BCUT2D eigenvalue weighted by molar-refractivity contribution is 0.199. The summed E-state index contributed by atoms with van der Waals surface area (Å²) in [5.41, 5.74) is 0.963. The quantitative estimate of drug-likeness (QED) is 0.602. The van der Waals surface area contributed by atoms with Gasteiger partial charge in [-0.2, -0.15) is 0 Å². The number of rotatable bonds is 6. The van der Waals surface area contributed by atoms with E-state index in [0.29, 0.717) is 0 Å². The molecule has 90 valence electrons. The average Bonchev–Trinajstić information content (AvgIpc) is 2.26. The van der Waals surface area contributed by atoms with Crippen LogP contribution in [0.15, 0.2) is 27.6 Å². The molecule has 1 nitrogen and oxygen atoms in total. The predicted octanol–water partition coefficient (Wildman–Crippen LogP) is 4.78. The Morgan fingerprint density at radius 1 is 1.38 bits per heavy atom. The molecule has 0 saturated carbocycles. The van der Waals surface area contributed by atoms with Crippen molar-refractivity contribution in [3.8, 4) is 0 Å². The Kier molecular flexibility index (Phi) is 6.47. The molecule has 0 fully saturated rings. The van der Waals surface area contributed by atoms with Crippen molar-refractivity contribution in [3.63, 3.8) is 0 Å². The highest BCUT2D eigenvalue weighted by atomic mass is 79.9. The second kappa shape index (κ2) is 7.36. The van der Waals surface area contributed by atoms with Crippen LogP contribution in [0.25, 0.3) is 0 Å². The number of aliphatic hydroxyl groups excluding tert-OH is 1. The number of benzene rings is 1. The summed E-state index contributed by atoms with van der Waals surface area (Å²) in [5.74, 6) is 1.17. The molecule has 1 aromatic rings. The first-order valence-electron chi connectivity index (χ1n) is 5.75. The molecule has 1 atom stereocenters. The molecule has 1 unspecified atom stereocenters. The van der Waals surface area contributed by atoms with Gasteiger partial charge in [-0.05, 0) is 52.7 Å². The van der Waals surface area contributed by atoms with Crippen LogP contribution in [-0.4, -0.2) is 10.9 Å². The minimum Gasteiger partial charge on any atom is -0.389 e. The summed E-state index contributed by atoms with van der Waals surface area (Å²) < 4.78 is 1.09. The van der Waals surface area contributed by atoms with Gasteiger partial charge in [-0.3, -0.25) is 0 Å². The molecule has 3 heteroatoms. The minimum atomic E-state index is -0.393. The first-order valence-corrected chi connectivity index (χ1v) is 7.53. The van der Waals surface area contributed by atoms with Crippen molar-refractivity contribution >= 4 is 27.7 Å². The Hall–Kier alpha value is 0.01000. The molecule has 1 aromatic carbocycles. The number of aliphatic hydroxyl groups is 1. The van der Waals surface area contributed by atoms with Gasteiger partial charge in [0.25, 0.3) is 0 Å². The summed E-state index contributed by atoms with van der Waals surface area (Å²) in [7, 11) is 0. The van der Waals surface area contributed by atoms with Gasteiger partial charge < -0.3 is 5.11 Å². The predicted molar refractivity (Wildman–Crippen MR) is 75.0 cm³/mol. The van der Waals surface area contributed by atoms with E-state index in [1.165, 1.54) is 29.9 Å². The minimum absolute atomic E-state index is 0.393.